The van der Waals surface area contributed by atoms with Crippen LogP contribution in [-0.2, 0) is 4.74 Å². The second kappa shape index (κ2) is 8.78. The molecule has 3 nitrogen and oxygen atoms in total. The first-order valence-corrected chi connectivity index (χ1v) is 5.56. The average molecular weight is 242 g/mol. The lowest BCUT2D eigenvalue weighted by molar-refractivity contribution is -0.174. The summed E-state index contributed by atoms with van der Waals surface area (Å²) in [5, 5.41) is 0. The van der Waals surface area contributed by atoms with Gasteiger partial charge in [-0.1, -0.05) is 6.92 Å². The fourth-order valence-corrected chi connectivity index (χ4v) is 1.41. The van der Waals surface area contributed by atoms with E-state index in [2.05, 4.69) is 16.6 Å². The molecule has 0 saturated heterocycles. The van der Waals surface area contributed by atoms with Crippen LogP contribution < -0.4 is 5.73 Å². The Morgan fingerprint density at radius 3 is 2.38 bits per heavy atom. The monoisotopic (exact) mass is 242 g/mol. The summed E-state index contributed by atoms with van der Waals surface area (Å²) in [6, 6.07) is 0. The minimum Gasteiger partial charge on any atom is -0.372 e. The summed E-state index contributed by atoms with van der Waals surface area (Å²) in [4.78, 5) is 2.14. The molecule has 0 atom stereocenters. The van der Waals surface area contributed by atoms with E-state index in [1.807, 2.05) is 0 Å². The average Bonchev–Trinajstić information content (AvgIpc) is 2.16. The van der Waals surface area contributed by atoms with Crippen molar-refractivity contribution in [3.63, 3.8) is 0 Å². The molecular formula is C10H21F3N2O. The third-order valence-electron chi connectivity index (χ3n) is 2.01. The zero-order valence-electron chi connectivity index (χ0n) is 9.72. The number of rotatable bonds is 9. The molecule has 16 heavy (non-hydrogen) atoms. The second-order valence-electron chi connectivity index (χ2n) is 3.65. The first-order chi connectivity index (χ1) is 7.49. The zero-order chi connectivity index (χ0) is 12.4. The quantitative estimate of drug-likeness (QED) is 0.624. The molecule has 0 saturated carbocycles. The van der Waals surface area contributed by atoms with Crippen LogP contribution in [0.2, 0.25) is 0 Å². The molecule has 0 rings (SSSR count). The summed E-state index contributed by atoms with van der Waals surface area (Å²) < 4.78 is 39.7. The van der Waals surface area contributed by atoms with Crippen molar-refractivity contribution < 1.29 is 17.9 Å². The van der Waals surface area contributed by atoms with Gasteiger partial charge in [-0.2, -0.15) is 13.2 Å². The number of hydrogen-bond donors (Lipinski definition) is 1. The van der Waals surface area contributed by atoms with Crippen molar-refractivity contribution in [2.75, 3.05) is 39.4 Å². The molecule has 0 unspecified atom stereocenters. The topological polar surface area (TPSA) is 38.5 Å². The van der Waals surface area contributed by atoms with Crippen LogP contribution in [0.3, 0.4) is 0 Å². The Kier molecular flexibility index (Phi) is 8.60. The highest BCUT2D eigenvalue weighted by atomic mass is 19.4. The molecule has 0 heterocycles. The number of ether oxygens (including phenoxy) is 1. The third kappa shape index (κ3) is 10.2. The van der Waals surface area contributed by atoms with E-state index in [4.69, 9.17) is 5.73 Å². The Balaban J connectivity index is 3.46. The van der Waals surface area contributed by atoms with Gasteiger partial charge in [-0.05, 0) is 19.4 Å². The molecule has 98 valence electrons. The Bertz CT molecular complexity index is 159. The highest BCUT2D eigenvalue weighted by Crippen LogP contribution is 2.14. The van der Waals surface area contributed by atoms with Gasteiger partial charge in [0.1, 0.15) is 6.61 Å². The Labute approximate surface area is 94.7 Å². The first-order valence-electron chi connectivity index (χ1n) is 5.56. The highest BCUT2D eigenvalue weighted by molar-refractivity contribution is 4.57. The number of alkyl halides is 3. The van der Waals surface area contributed by atoms with Crippen LogP contribution in [0.4, 0.5) is 13.2 Å². The molecule has 0 aliphatic rings. The number of halogens is 3. The van der Waals surface area contributed by atoms with Crippen LogP contribution in [0.25, 0.3) is 0 Å². The zero-order valence-corrected chi connectivity index (χ0v) is 9.72. The molecule has 0 aliphatic heterocycles. The standard InChI is InChI=1S/C10H21F3N2O/c1-2-5-15(7-4-14)6-3-8-16-9-10(11,12)13/h2-9,14H2,1H3. The van der Waals surface area contributed by atoms with E-state index in [-0.39, 0.29) is 6.61 Å². The van der Waals surface area contributed by atoms with Crippen molar-refractivity contribution >= 4 is 0 Å². The van der Waals surface area contributed by atoms with E-state index in [9.17, 15) is 13.2 Å². The van der Waals surface area contributed by atoms with Crippen molar-refractivity contribution in [1.29, 1.82) is 0 Å². The smallest absolute Gasteiger partial charge is 0.372 e. The predicted molar refractivity (Wildman–Crippen MR) is 57.3 cm³/mol. The summed E-state index contributed by atoms with van der Waals surface area (Å²) in [6.07, 6.45) is -2.60. The van der Waals surface area contributed by atoms with Crippen molar-refractivity contribution in [3.8, 4) is 0 Å². The minimum atomic E-state index is -4.22. The maximum Gasteiger partial charge on any atom is 0.411 e. The first kappa shape index (κ1) is 15.7. The summed E-state index contributed by atoms with van der Waals surface area (Å²) in [5.41, 5.74) is 5.43. The largest absolute Gasteiger partial charge is 0.411 e. The van der Waals surface area contributed by atoms with Gasteiger partial charge in [-0.25, -0.2) is 0 Å². The second-order valence-corrected chi connectivity index (χ2v) is 3.65. The number of nitrogens with zero attached hydrogens (tertiary/aromatic N) is 1. The Morgan fingerprint density at radius 1 is 1.19 bits per heavy atom. The fraction of sp³-hybridized carbons (Fsp3) is 1.00. The SMILES string of the molecule is CCCN(CCN)CCCOCC(F)(F)F. The molecule has 0 aromatic rings. The normalized spacial score (nSPS) is 12.4. The Hall–Kier alpha value is -0.330. The lowest BCUT2D eigenvalue weighted by atomic mass is 10.3. The maximum atomic E-state index is 11.7. The van der Waals surface area contributed by atoms with Crippen LogP contribution >= 0.6 is 0 Å². The molecular weight excluding hydrogens is 221 g/mol. The predicted octanol–water partition coefficient (Wildman–Crippen LogP) is 1.63. The number of hydrogen-bond acceptors (Lipinski definition) is 3. The van der Waals surface area contributed by atoms with Crippen LogP contribution in [0, 0.1) is 0 Å². The summed E-state index contributed by atoms with van der Waals surface area (Å²) in [6.45, 7) is 4.07. The van der Waals surface area contributed by atoms with Crippen molar-refractivity contribution in [3.05, 3.63) is 0 Å². The maximum absolute atomic E-state index is 11.7. The van der Waals surface area contributed by atoms with Gasteiger partial charge in [0.25, 0.3) is 0 Å². The van der Waals surface area contributed by atoms with Crippen molar-refractivity contribution in [2.45, 2.75) is 25.9 Å². The fourth-order valence-electron chi connectivity index (χ4n) is 1.41. The molecule has 0 bridgehead atoms. The molecule has 0 spiro atoms. The lowest BCUT2D eigenvalue weighted by Gasteiger charge is -2.20. The van der Waals surface area contributed by atoms with Crippen molar-refractivity contribution in [1.82, 2.24) is 4.90 Å². The molecule has 0 aromatic carbocycles. The lowest BCUT2D eigenvalue weighted by Crippen LogP contribution is -2.31. The van der Waals surface area contributed by atoms with Gasteiger partial charge in [0.15, 0.2) is 0 Å². The molecule has 0 radical (unpaired) electrons. The van der Waals surface area contributed by atoms with E-state index in [0.717, 1.165) is 26.1 Å². The van der Waals surface area contributed by atoms with E-state index >= 15 is 0 Å². The van der Waals surface area contributed by atoms with Gasteiger partial charge in [0.05, 0.1) is 0 Å². The van der Waals surface area contributed by atoms with E-state index in [1.165, 1.54) is 0 Å². The van der Waals surface area contributed by atoms with Crippen LogP contribution in [0.5, 0.6) is 0 Å². The molecule has 2 N–H and O–H groups in total. The summed E-state index contributed by atoms with van der Waals surface area (Å²) in [7, 11) is 0. The van der Waals surface area contributed by atoms with E-state index in [1.54, 1.807) is 0 Å². The van der Waals surface area contributed by atoms with Gasteiger partial charge in [-0.15, -0.1) is 0 Å². The van der Waals surface area contributed by atoms with Gasteiger partial charge in [-0.3, -0.25) is 0 Å². The number of nitrogens with two attached hydrogens (primary N) is 1. The van der Waals surface area contributed by atoms with E-state index in [0.29, 0.717) is 13.0 Å². The van der Waals surface area contributed by atoms with Crippen LogP contribution in [0.1, 0.15) is 19.8 Å². The van der Waals surface area contributed by atoms with Gasteiger partial charge in [0.2, 0.25) is 0 Å². The summed E-state index contributed by atoms with van der Waals surface area (Å²) in [5.74, 6) is 0. The van der Waals surface area contributed by atoms with E-state index < -0.39 is 12.8 Å². The molecule has 0 fully saturated rings. The van der Waals surface area contributed by atoms with Gasteiger partial charge < -0.3 is 15.4 Å². The van der Waals surface area contributed by atoms with Crippen LogP contribution in [-0.4, -0.2) is 50.5 Å². The molecule has 0 aliphatic carbocycles. The summed E-state index contributed by atoms with van der Waals surface area (Å²) >= 11 is 0. The highest BCUT2D eigenvalue weighted by Gasteiger charge is 2.27. The van der Waals surface area contributed by atoms with Gasteiger partial charge >= 0.3 is 6.18 Å². The van der Waals surface area contributed by atoms with Crippen LogP contribution in [0.15, 0.2) is 0 Å². The molecule has 6 heteroatoms. The Morgan fingerprint density at radius 2 is 1.88 bits per heavy atom. The molecule has 0 amide bonds. The minimum absolute atomic E-state index is 0.143. The van der Waals surface area contributed by atoms with Crippen molar-refractivity contribution in [2.24, 2.45) is 5.73 Å². The van der Waals surface area contributed by atoms with Gasteiger partial charge in [0, 0.05) is 26.2 Å². The third-order valence-corrected chi connectivity index (χ3v) is 2.01. The molecule has 0 aromatic heterocycles.